The number of carbonyl (C=O) groups is 2. The average Bonchev–Trinajstić information content (AvgIpc) is 2.93. The summed E-state index contributed by atoms with van der Waals surface area (Å²) in [5, 5.41) is 3.98. The van der Waals surface area contributed by atoms with Crippen molar-refractivity contribution in [1.29, 1.82) is 0 Å². The summed E-state index contributed by atoms with van der Waals surface area (Å²) < 4.78 is 29.0. The smallest absolute Gasteiger partial charge is 0.264 e. The molecule has 0 saturated heterocycles. The van der Waals surface area contributed by atoms with Gasteiger partial charge in [-0.15, -0.1) is 0 Å². The fraction of sp³-hybridized carbons (Fsp3) is 0.333. The minimum absolute atomic E-state index is 0.0276. The SMILES string of the molecule is CC[C@@H](C)NC(=O)[C@@H](CC)N(Cc1c(Cl)cccc1Cl)C(=O)CN(c1ccccc1C)S(=O)(=O)c1ccc(Cl)cc1. The second-order valence-corrected chi connectivity index (χ2v) is 12.8. The van der Waals surface area contributed by atoms with Gasteiger partial charge in [0, 0.05) is 33.2 Å². The number of hydrogen-bond donors (Lipinski definition) is 1. The van der Waals surface area contributed by atoms with Crippen LogP contribution in [-0.2, 0) is 26.2 Å². The van der Waals surface area contributed by atoms with Crippen molar-refractivity contribution in [2.45, 2.75) is 64.1 Å². The van der Waals surface area contributed by atoms with Gasteiger partial charge in [-0.05, 0) is 74.7 Å². The second-order valence-electron chi connectivity index (χ2n) is 9.72. The Balaban J connectivity index is 2.11. The molecule has 3 aromatic carbocycles. The van der Waals surface area contributed by atoms with Crippen molar-refractivity contribution in [2.75, 3.05) is 10.8 Å². The molecule has 0 fully saturated rings. The number of carbonyl (C=O) groups excluding carboxylic acids is 2. The van der Waals surface area contributed by atoms with E-state index >= 15 is 0 Å². The number of nitrogens with zero attached hydrogens (tertiary/aromatic N) is 2. The van der Waals surface area contributed by atoms with Crippen LogP contribution in [0.3, 0.4) is 0 Å². The topological polar surface area (TPSA) is 86.8 Å². The molecule has 2 atom stereocenters. The van der Waals surface area contributed by atoms with Gasteiger partial charge < -0.3 is 10.2 Å². The summed E-state index contributed by atoms with van der Waals surface area (Å²) in [6.45, 7) is 6.72. The summed E-state index contributed by atoms with van der Waals surface area (Å²) in [5.74, 6) is -0.936. The van der Waals surface area contributed by atoms with E-state index in [-0.39, 0.29) is 29.8 Å². The number of para-hydroxylation sites is 1. The molecule has 3 aromatic rings. The zero-order chi connectivity index (χ0) is 30.3. The van der Waals surface area contributed by atoms with Crippen LogP contribution in [0.1, 0.15) is 44.7 Å². The first-order chi connectivity index (χ1) is 19.4. The van der Waals surface area contributed by atoms with Crippen LogP contribution in [0, 0.1) is 6.92 Å². The number of benzene rings is 3. The average molecular weight is 639 g/mol. The van der Waals surface area contributed by atoms with Crippen molar-refractivity contribution in [3.05, 3.63) is 92.9 Å². The van der Waals surface area contributed by atoms with E-state index in [9.17, 15) is 18.0 Å². The van der Waals surface area contributed by atoms with E-state index in [1.54, 1.807) is 56.3 Å². The van der Waals surface area contributed by atoms with E-state index in [4.69, 9.17) is 34.8 Å². The third-order valence-corrected chi connectivity index (χ3v) is 9.58. The highest BCUT2D eigenvalue weighted by Gasteiger charge is 2.35. The maximum atomic E-state index is 14.2. The molecule has 0 aliphatic carbocycles. The predicted octanol–water partition coefficient (Wildman–Crippen LogP) is 6.87. The molecule has 0 aliphatic rings. The van der Waals surface area contributed by atoms with Crippen LogP contribution in [0.15, 0.2) is 71.6 Å². The van der Waals surface area contributed by atoms with Crippen LogP contribution >= 0.6 is 34.8 Å². The fourth-order valence-corrected chi connectivity index (χ4v) is 6.43. The Morgan fingerprint density at radius 2 is 1.49 bits per heavy atom. The molecule has 0 unspecified atom stereocenters. The minimum Gasteiger partial charge on any atom is -0.352 e. The van der Waals surface area contributed by atoms with E-state index in [0.29, 0.717) is 38.3 Å². The molecular weight excluding hydrogens is 605 g/mol. The maximum Gasteiger partial charge on any atom is 0.264 e. The Hall–Kier alpha value is -2.78. The Morgan fingerprint density at radius 1 is 0.878 bits per heavy atom. The van der Waals surface area contributed by atoms with Gasteiger partial charge >= 0.3 is 0 Å². The van der Waals surface area contributed by atoms with Crippen LogP contribution in [0.5, 0.6) is 0 Å². The summed E-state index contributed by atoms with van der Waals surface area (Å²) in [4.78, 5) is 28.9. The van der Waals surface area contributed by atoms with E-state index in [2.05, 4.69) is 5.32 Å². The van der Waals surface area contributed by atoms with E-state index in [1.165, 1.54) is 29.2 Å². The quantitative estimate of drug-likeness (QED) is 0.235. The molecule has 41 heavy (non-hydrogen) atoms. The molecule has 0 aromatic heterocycles. The van der Waals surface area contributed by atoms with Crippen LogP contribution in [0.25, 0.3) is 0 Å². The number of sulfonamides is 1. The fourth-order valence-electron chi connectivity index (χ4n) is 4.30. The molecule has 11 heteroatoms. The molecule has 0 bridgehead atoms. The van der Waals surface area contributed by atoms with Crippen LogP contribution in [-0.4, -0.2) is 43.8 Å². The molecule has 0 aliphatic heterocycles. The molecule has 3 rings (SSSR count). The highest BCUT2D eigenvalue weighted by atomic mass is 35.5. The molecule has 0 saturated carbocycles. The van der Waals surface area contributed by atoms with E-state index < -0.39 is 28.5 Å². The third-order valence-electron chi connectivity index (χ3n) is 6.84. The van der Waals surface area contributed by atoms with Crippen LogP contribution in [0.2, 0.25) is 15.1 Å². The lowest BCUT2D eigenvalue weighted by molar-refractivity contribution is -0.140. The number of anilines is 1. The highest BCUT2D eigenvalue weighted by Crippen LogP contribution is 2.30. The molecule has 220 valence electrons. The van der Waals surface area contributed by atoms with Crippen LogP contribution < -0.4 is 9.62 Å². The number of halogens is 3. The van der Waals surface area contributed by atoms with Crippen molar-refractivity contribution in [2.24, 2.45) is 0 Å². The van der Waals surface area contributed by atoms with E-state index in [0.717, 1.165) is 4.31 Å². The third kappa shape index (κ3) is 7.95. The number of nitrogens with one attached hydrogen (secondary N) is 1. The number of rotatable bonds is 12. The number of aryl methyl sites for hydroxylation is 1. The normalized spacial score (nSPS) is 12.9. The molecule has 1 N–H and O–H groups in total. The Kier molecular flexibility index (Phi) is 11.5. The predicted molar refractivity (Wildman–Crippen MR) is 166 cm³/mol. The summed E-state index contributed by atoms with van der Waals surface area (Å²) in [6.07, 6.45) is 0.983. The van der Waals surface area contributed by atoms with Crippen molar-refractivity contribution < 1.29 is 18.0 Å². The molecule has 7 nitrogen and oxygen atoms in total. The molecule has 2 amide bonds. The Labute approximate surface area is 257 Å². The van der Waals surface area contributed by atoms with Gasteiger partial charge in [0.2, 0.25) is 11.8 Å². The molecule has 0 radical (unpaired) electrons. The van der Waals surface area contributed by atoms with E-state index in [1.807, 2.05) is 13.8 Å². The zero-order valence-electron chi connectivity index (χ0n) is 23.4. The molecular formula is C30H34Cl3N3O4S. The van der Waals surface area contributed by atoms with Crippen molar-refractivity contribution in [3.63, 3.8) is 0 Å². The highest BCUT2D eigenvalue weighted by molar-refractivity contribution is 7.92. The van der Waals surface area contributed by atoms with Gasteiger partial charge in [-0.1, -0.05) is 72.9 Å². The largest absolute Gasteiger partial charge is 0.352 e. The number of amides is 2. The first kappa shape index (κ1) is 32.7. The van der Waals surface area contributed by atoms with Gasteiger partial charge in [-0.2, -0.15) is 0 Å². The lowest BCUT2D eigenvalue weighted by Crippen LogP contribution is -2.53. The zero-order valence-corrected chi connectivity index (χ0v) is 26.5. The minimum atomic E-state index is -4.21. The standard InChI is InChI=1S/C30H34Cl3N3O4S/c1-5-21(4)34-30(38)27(6-2)35(18-24-25(32)11-9-12-26(24)33)29(37)19-36(28-13-8-7-10-20(28)3)41(39,40)23-16-14-22(31)15-17-23/h7-17,21,27H,5-6,18-19H2,1-4H3,(H,34,38)/t21-,27-/m1/s1. The van der Waals surface area contributed by atoms with Gasteiger partial charge in [-0.25, -0.2) is 8.42 Å². The Bertz CT molecular complexity index is 1460. The van der Waals surface area contributed by atoms with Crippen molar-refractivity contribution >= 4 is 62.3 Å². The van der Waals surface area contributed by atoms with Gasteiger partial charge in [0.1, 0.15) is 12.6 Å². The summed E-state index contributed by atoms with van der Waals surface area (Å²) in [5.41, 5.74) is 1.45. The monoisotopic (exact) mass is 637 g/mol. The van der Waals surface area contributed by atoms with Crippen molar-refractivity contribution in [3.8, 4) is 0 Å². The first-order valence-electron chi connectivity index (χ1n) is 13.3. The summed E-state index contributed by atoms with van der Waals surface area (Å²) >= 11 is 18.9. The van der Waals surface area contributed by atoms with Gasteiger partial charge in [-0.3, -0.25) is 13.9 Å². The maximum absolute atomic E-state index is 14.2. The first-order valence-corrected chi connectivity index (χ1v) is 15.8. The lowest BCUT2D eigenvalue weighted by atomic mass is 10.1. The number of hydrogen-bond acceptors (Lipinski definition) is 4. The summed E-state index contributed by atoms with van der Waals surface area (Å²) in [7, 11) is -4.21. The van der Waals surface area contributed by atoms with Gasteiger partial charge in [0.25, 0.3) is 10.0 Å². The Morgan fingerprint density at radius 3 is 2.05 bits per heavy atom. The van der Waals surface area contributed by atoms with Gasteiger partial charge in [0.05, 0.1) is 10.6 Å². The van der Waals surface area contributed by atoms with Crippen molar-refractivity contribution in [1.82, 2.24) is 10.2 Å². The van der Waals surface area contributed by atoms with Crippen LogP contribution in [0.4, 0.5) is 5.69 Å². The molecule has 0 heterocycles. The molecule has 0 spiro atoms. The van der Waals surface area contributed by atoms with Gasteiger partial charge in [0.15, 0.2) is 0 Å². The summed E-state index contributed by atoms with van der Waals surface area (Å²) in [6, 6.07) is 16.6. The lowest BCUT2D eigenvalue weighted by Gasteiger charge is -2.34. The second kappa shape index (κ2) is 14.4.